The molecule has 2 rings (SSSR count). The van der Waals surface area contributed by atoms with Gasteiger partial charge in [0.25, 0.3) is 0 Å². The average molecular weight is 231 g/mol. The predicted octanol–water partition coefficient (Wildman–Crippen LogP) is 3.47. The Hall–Kier alpha value is -1.18. The first-order valence-corrected chi connectivity index (χ1v) is 6.70. The van der Waals surface area contributed by atoms with Gasteiger partial charge in [0.15, 0.2) is 0 Å². The van der Waals surface area contributed by atoms with Crippen LogP contribution in [0.15, 0.2) is 18.3 Å². The van der Waals surface area contributed by atoms with Crippen LogP contribution in [0.1, 0.15) is 49.8 Å². The van der Waals surface area contributed by atoms with Crippen LogP contribution in [-0.2, 0) is 11.2 Å². The van der Waals surface area contributed by atoms with E-state index in [2.05, 4.69) is 4.98 Å². The Morgan fingerprint density at radius 3 is 2.53 bits per heavy atom. The Balaban J connectivity index is 1.93. The molecule has 2 heteroatoms. The first kappa shape index (κ1) is 12.3. The zero-order valence-electron chi connectivity index (χ0n) is 10.6. The van der Waals surface area contributed by atoms with E-state index in [0.29, 0.717) is 18.1 Å². The van der Waals surface area contributed by atoms with Gasteiger partial charge < -0.3 is 0 Å². The number of nitrogens with zero attached hydrogens (tertiary/aromatic N) is 1. The van der Waals surface area contributed by atoms with E-state index in [1.165, 1.54) is 25.7 Å². The fourth-order valence-corrected chi connectivity index (χ4v) is 2.53. The lowest BCUT2D eigenvalue weighted by atomic mass is 9.92. The Morgan fingerprint density at radius 1 is 1.24 bits per heavy atom. The SMILES string of the molecule is Cc1ccc(CC(=O)C2CCCCCC2)nc1. The number of hydrogen-bond acceptors (Lipinski definition) is 2. The maximum atomic E-state index is 12.2. The number of ketones is 1. The number of carbonyl (C=O) groups is 1. The number of aryl methyl sites for hydroxylation is 1. The van der Waals surface area contributed by atoms with Crippen LogP contribution in [0.5, 0.6) is 0 Å². The summed E-state index contributed by atoms with van der Waals surface area (Å²) in [5, 5.41) is 0. The summed E-state index contributed by atoms with van der Waals surface area (Å²) >= 11 is 0. The Kier molecular flexibility index (Phi) is 4.29. The molecule has 0 aliphatic heterocycles. The molecule has 0 N–H and O–H groups in total. The molecule has 0 radical (unpaired) electrons. The molecular weight excluding hydrogens is 210 g/mol. The van der Waals surface area contributed by atoms with Gasteiger partial charge in [0, 0.05) is 24.2 Å². The molecule has 2 nitrogen and oxygen atoms in total. The Labute approximate surface area is 103 Å². The van der Waals surface area contributed by atoms with E-state index >= 15 is 0 Å². The van der Waals surface area contributed by atoms with Crippen LogP contribution in [0.2, 0.25) is 0 Å². The van der Waals surface area contributed by atoms with Crippen LogP contribution in [0.4, 0.5) is 0 Å². The van der Waals surface area contributed by atoms with Crippen LogP contribution < -0.4 is 0 Å². The molecule has 1 aliphatic carbocycles. The van der Waals surface area contributed by atoms with Crippen LogP contribution in [-0.4, -0.2) is 10.8 Å². The van der Waals surface area contributed by atoms with Gasteiger partial charge in [-0.05, 0) is 31.4 Å². The number of rotatable bonds is 3. The van der Waals surface area contributed by atoms with Crippen LogP contribution in [0.25, 0.3) is 0 Å². The fourth-order valence-electron chi connectivity index (χ4n) is 2.53. The van der Waals surface area contributed by atoms with Crippen LogP contribution in [0, 0.1) is 12.8 Å². The molecule has 0 aromatic carbocycles. The lowest BCUT2D eigenvalue weighted by molar-refractivity contribution is -0.122. The summed E-state index contributed by atoms with van der Waals surface area (Å²) in [5.41, 5.74) is 2.07. The Bertz CT molecular complexity index is 361. The standard InChI is InChI=1S/C15H21NO/c1-12-8-9-14(16-11-12)10-15(17)13-6-4-2-3-5-7-13/h8-9,11,13H,2-7,10H2,1H3. The third kappa shape index (κ3) is 3.65. The molecule has 0 bridgehead atoms. The third-order valence-corrected chi connectivity index (χ3v) is 3.64. The minimum atomic E-state index is 0.292. The van der Waals surface area contributed by atoms with Crippen molar-refractivity contribution in [2.75, 3.05) is 0 Å². The minimum Gasteiger partial charge on any atom is -0.299 e. The minimum absolute atomic E-state index is 0.292. The number of Topliss-reactive ketones (excluding diaryl/α,β-unsaturated/α-hetero) is 1. The van der Waals surface area contributed by atoms with Gasteiger partial charge in [0.05, 0.1) is 0 Å². The molecule has 1 heterocycles. The molecule has 0 spiro atoms. The molecule has 1 aliphatic rings. The van der Waals surface area contributed by atoms with E-state index in [-0.39, 0.29) is 0 Å². The smallest absolute Gasteiger partial charge is 0.141 e. The highest BCUT2D eigenvalue weighted by molar-refractivity contribution is 5.82. The average Bonchev–Trinajstić information content (AvgIpc) is 2.61. The van der Waals surface area contributed by atoms with Gasteiger partial charge in [0.2, 0.25) is 0 Å². The van der Waals surface area contributed by atoms with Crippen molar-refractivity contribution in [3.8, 4) is 0 Å². The number of aromatic nitrogens is 1. The summed E-state index contributed by atoms with van der Waals surface area (Å²) < 4.78 is 0. The summed E-state index contributed by atoms with van der Waals surface area (Å²) in [6, 6.07) is 4.01. The largest absolute Gasteiger partial charge is 0.299 e. The highest BCUT2D eigenvalue weighted by Gasteiger charge is 2.20. The van der Waals surface area contributed by atoms with Gasteiger partial charge in [-0.15, -0.1) is 0 Å². The summed E-state index contributed by atoms with van der Waals surface area (Å²) in [6.45, 7) is 2.02. The molecule has 1 aromatic rings. The lowest BCUT2D eigenvalue weighted by Crippen LogP contribution is -2.16. The molecular formula is C15H21NO. The second-order valence-corrected chi connectivity index (χ2v) is 5.16. The maximum absolute atomic E-state index is 12.2. The van der Waals surface area contributed by atoms with E-state index in [1.54, 1.807) is 0 Å². The van der Waals surface area contributed by atoms with Gasteiger partial charge >= 0.3 is 0 Å². The third-order valence-electron chi connectivity index (χ3n) is 3.64. The molecule has 1 fully saturated rings. The van der Waals surface area contributed by atoms with E-state index in [1.807, 2.05) is 25.3 Å². The Morgan fingerprint density at radius 2 is 1.94 bits per heavy atom. The van der Waals surface area contributed by atoms with Gasteiger partial charge in [-0.3, -0.25) is 9.78 Å². The first-order valence-electron chi connectivity index (χ1n) is 6.70. The summed E-state index contributed by atoms with van der Waals surface area (Å²) in [7, 11) is 0. The van der Waals surface area contributed by atoms with Gasteiger partial charge in [-0.2, -0.15) is 0 Å². The van der Waals surface area contributed by atoms with Crippen LogP contribution in [0.3, 0.4) is 0 Å². The van der Waals surface area contributed by atoms with Crippen LogP contribution >= 0.6 is 0 Å². The topological polar surface area (TPSA) is 30.0 Å². The molecule has 0 unspecified atom stereocenters. The summed E-state index contributed by atoms with van der Waals surface area (Å²) in [6.07, 6.45) is 9.57. The van der Waals surface area contributed by atoms with E-state index in [0.717, 1.165) is 24.1 Å². The number of carbonyl (C=O) groups excluding carboxylic acids is 1. The highest BCUT2D eigenvalue weighted by atomic mass is 16.1. The molecule has 0 amide bonds. The molecule has 1 saturated carbocycles. The molecule has 92 valence electrons. The van der Waals surface area contributed by atoms with Crippen molar-refractivity contribution in [3.05, 3.63) is 29.6 Å². The van der Waals surface area contributed by atoms with Crippen molar-refractivity contribution in [2.24, 2.45) is 5.92 Å². The van der Waals surface area contributed by atoms with Crippen molar-refractivity contribution in [1.82, 2.24) is 4.98 Å². The maximum Gasteiger partial charge on any atom is 0.141 e. The van der Waals surface area contributed by atoms with Crippen molar-refractivity contribution in [2.45, 2.75) is 51.9 Å². The molecule has 17 heavy (non-hydrogen) atoms. The van der Waals surface area contributed by atoms with E-state index in [4.69, 9.17) is 0 Å². The summed E-state index contributed by atoms with van der Waals surface area (Å²) in [5.74, 6) is 0.684. The number of pyridine rings is 1. The molecule has 0 atom stereocenters. The second kappa shape index (κ2) is 5.95. The van der Waals surface area contributed by atoms with Gasteiger partial charge in [-0.25, -0.2) is 0 Å². The number of hydrogen-bond donors (Lipinski definition) is 0. The zero-order chi connectivity index (χ0) is 12.1. The second-order valence-electron chi connectivity index (χ2n) is 5.16. The van der Waals surface area contributed by atoms with E-state index < -0.39 is 0 Å². The van der Waals surface area contributed by atoms with Crippen molar-refractivity contribution < 1.29 is 4.79 Å². The lowest BCUT2D eigenvalue weighted by Gasteiger charge is -2.12. The predicted molar refractivity (Wildman–Crippen MR) is 68.9 cm³/mol. The van der Waals surface area contributed by atoms with E-state index in [9.17, 15) is 4.79 Å². The fraction of sp³-hybridized carbons (Fsp3) is 0.600. The monoisotopic (exact) mass is 231 g/mol. The van der Waals surface area contributed by atoms with Gasteiger partial charge in [0.1, 0.15) is 5.78 Å². The quantitative estimate of drug-likeness (QED) is 0.745. The normalized spacial score (nSPS) is 17.7. The van der Waals surface area contributed by atoms with Crippen molar-refractivity contribution >= 4 is 5.78 Å². The summed E-state index contributed by atoms with van der Waals surface area (Å²) in [4.78, 5) is 16.5. The molecule has 1 aromatic heterocycles. The highest BCUT2D eigenvalue weighted by Crippen LogP contribution is 2.24. The zero-order valence-corrected chi connectivity index (χ0v) is 10.6. The van der Waals surface area contributed by atoms with Gasteiger partial charge in [-0.1, -0.05) is 31.7 Å². The van der Waals surface area contributed by atoms with Crippen molar-refractivity contribution in [3.63, 3.8) is 0 Å². The molecule has 0 saturated heterocycles. The van der Waals surface area contributed by atoms with Crippen molar-refractivity contribution in [1.29, 1.82) is 0 Å². The first-order chi connectivity index (χ1) is 8.25.